The second kappa shape index (κ2) is 7.12. The first-order valence-electron chi connectivity index (χ1n) is 8.16. The maximum Gasteiger partial charge on any atom is 0.0372 e. The van der Waals surface area contributed by atoms with Gasteiger partial charge >= 0.3 is 0 Å². The number of hydrogen-bond donors (Lipinski definition) is 1. The Morgan fingerprint density at radius 3 is 2.85 bits per heavy atom. The van der Waals surface area contributed by atoms with Gasteiger partial charge in [0.2, 0.25) is 0 Å². The summed E-state index contributed by atoms with van der Waals surface area (Å²) in [5.41, 5.74) is 4.00. The summed E-state index contributed by atoms with van der Waals surface area (Å²) in [6, 6.07) is 7.25. The number of aryl methyl sites for hydroxylation is 2. The standard InChI is InChI=1S/C18H30N2/c1-5-10-20-11-6-7-17(13-20)16(4)19-18-9-8-14(2)12-15(18)3/h8-9,12,16-17,19H,5-7,10-11,13H2,1-4H3. The maximum atomic E-state index is 3.74. The molecule has 0 radical (unpaired) electrons. The molecule has 0 aromatic heterocycles. The normalized spacial score (nSPS) is 21.7. The average molecular weight is 274 g/mol. The molecule has 20 heavy (non-hydrogen) atoms. The molecule has 1 aliphatic rings. The molecule has 1 heterocycles. The quantitative estimate of drug-likeness (QED) is 0.864. The lowest BCUT2D eigenvalue weighted by molar-refractivity contribution is 0.165. The van der Waals surface area contributed by atoms with E-state index in [0.717, 1.165) is 5.92 Å². The van der Waals surface area contributed by atoms with E-state index in [-0.39, 0.29) is 0 Å². The molecule has 1 N–H and O–H groups in total. The molecule has 2 unspecified atom stereocenters. The third kappa shape index (κ3) is 3.99. The van der Waals surface area contributed by atoms with Gasteiger partial charge in [-0.05, 0) is 70.7 Å². The van der Waals surface area contributed by atoms with Crippen molar-refractivity contribution >= 4 is 5.69 Å². The van der Waals surface area contributed by atoms with E-state index in [2.05, 4.69) is 56.1 Å². The first kappa shape index (κ1) is 15.4. The zero-order chi connectivity index (χ0) is 14.5. The van der Waals surface area contributed by atoms with Gasteiger partial charge in [-0.2, -0.15) is 0 Å². The summed E-state index contributed by atoms with van der Waals surface area (Å²) in [6.45, 7) is 12.8. The van der Waals surface area contributed by atoms with Gasteiger partial charge < -0.3 is 10.2 Å². The number of piperidine rings is 1. The molecular weight excluding hydrogens is 244 g/mol. The van der Waals surface area contributed by atoms with Gasteiger partial charge in [-0.3, -0.25) is 0 Å². The third-order valence-corrected chi connectivity index (χ3v) is 4.55. The Bertz CT molecular complexity index is 425. The van der Waals surface area contributed by atoms with Crippen LogP contribution in [0.4, 0.5) is 5.69 Å². The van der Waals surface area contributed by atoms with Gasteiger partial charge in [0.15, 0.2) is 0 Å². The highest BCUT2D eigenvalue weighted by Crippen LogP contribution is 2.24. The van der Waals surface area contributed by atoms with E-state index < -0.39 is 0 Å². The number of hydrogen-bond acceptors (Lipinski definition) is 2. The Labute approximate surface area is 124 Å². The lowest BCUT2D eigenvalue weighted by Gasteiger charge is -2.36. The van der Waals surface area contributed by atoms with Crippen LogP contribution in [0.15, 0.2) is 18.2 Å². The summed E-state index contributed by atoms with van der Waals surface area (Å²) in [5.74, 6) is 0.774. The topological polar surface area (TPSA) is 15.3 Å². The number of anilines is 1. The Balaban J connectivity index is 1.95. The highest BCUT2D eigenvalue weighted by molar-refractivity contribution is 5.52. The van der Waals surface area contributed by atoms with Gasteiger partial charge in [0.1, 0.15) is 0 Å². The fourth-order valence-electron chi connectivity index (χ4n) is 3.36. The Hall–Kier alpha value is -1.02. The van der Waals surface area contributed by atoms with Crippen molar-refractivity contribution in [3.63, 3.8) is 0 Å². The van der Waals surface area contributed by atoms with Gasteiger partial charge in [0.05, 0.1) is 0 Å². The lowest BCUT2D eigenvalue weighted by atomic mass is 9.91. The molecule has 1 aromatic rings. The smallest absolute Gasteiger partial charge is 0.0372 e. The fourth-order valence-corrected chi connectivity index (χ4v) is 3.36. The van der Waals surface area contributed by atoms with Crippen molar-refractivity contribution in [1.29, 1.82) is 0 Å². The molecule has 1 fully saturated rings. The van der Waals surface area contributed by atoms with Crippen LogP contribution in [0.5, 0.6) is 0 Å². The minimum atomic E-state index is 0.552. The highest BCUT2D eigenvalue weighted by atomic mass is 15.1. The van der Waals surface area contributed by atoms with Gasteiger partial charge in [-0.1, -0.05) is 24.6 Å². The molecule has 2 heteroatoms. The van der Waals surface area contributed by atoms with E-state index in [9.17, 15) is 0 Å². The highest BCUT2D eigenvalue weighted by Gasteiger charge is 2.24. The van der Waals surface area contributed by atoms with Gasteiger partial charge in [0, 0.05) is 18.3 Å². The van der Waals surface area contributed by atoms with E-state index in [4.69, 9.17) is 0 Å². The summed E-state index contributed by atoms with van der Waals surface area (Å²) in [7, 11) is 0. The van der Waals surface area contributed by atoms with Crippen LogP contribution in [0.1, 0.15) is 44.2 Å². The largest absolute Gasteiger partial charge is 0.382 e. The third-order valence-electron chi connectivity index (χ3n) is 4.55. The predicted molar refractivity (Wildman–Crippen MR) is 88.5 cm³/mol. The summed E-state index contributed by atoms with van der Waals surface area (Å²) in [6.07, 6.45) is 3.98. The van der Waals surface area contributed by atoms with E-state index in [0.29, 0.717) is 6.04 Å². The van der Waals surface area contributed by atoms with E-state index >= 15 is 0 Å². The Morgan fingerprint density at radius 2 is 2.15 bits per heavy atom. The molecule has 112 valence electrons. The van der Waals surface area contributed by atoms with Crippen LogP contribution in [-0.4, -0.2) is 30.6 Å². The molecule has 0 aliphatic carbocycles. The van der Waals surface area contributed by atoms with Crippen LogP contribution in [0.25, 0.3) is 0 Å². The van der Waals surface area contributed by atoms with Crippen molar-refractivity contribution in [3.8, 4) is 0 Å². The zero-order valence-electron chi connectivity index (χ0n) is 13.6. The first-order chi connectivity index (χ1) is 9.60. The van der Waals surface area contributed by atoms with E-state index in [1.165, 1.54) is 55.7 Å². The van der Waals surface area contributed by atoms with E-state index in [1.807, 2.05) is 0 Å². The van der Waals surface area contributed by atoms with Crippen molar-refractivity contribution in [2.75, 3.05) is 25.0 Å². The molecule has 0 saturated carbocycles. The van der Waals surface area contributed by atoms with Gasteiger partial charge in [-0.15, -0.1) is 0 Å². The fraction of sp³-hybridized carbons (Fsp3) is 0.667. The molecule has 1 aromatic carbocycles. The number of benzene rings is 1. The minimum absolute atomic E-state index is 0.552. The predicted octanol–water partition coefficient (Wildman–Crippen LogP) is 4.23. The maximum absolute atomic E-state index is 3.74. The van der Waals surface area contributed by atoms with E-state index in [1.54, 1.807) is 0 Å². The lowest BCUT2D eigenvalue weighted by Crippen LogP contribution is -2.42. The van der Waals surface area contributed by atoms with Crippen molar-refractivity contribution in [2.24, 2.45) is 5.92 Å². The number of rotatable bonds is 5. The van der Waals surface area contributed by atoms with Crippen molar-refractivity contribution in [3.05, 3.63) is 29.3 Å². The second-order valence-electron chi connectivity index (χ2n) is 6.45. The summed E-state index contributed by atoms with van der Waals surface area (Å²) in [4.78, 5) is 2.63. The summed E-state index contributed by atoms with van der Waals surface area (Å²) >= 11 is 0. The van der Waals surface area contributed by atoms with Crippen molar-refractivity contribution in [1.82, 2.24) is 4.90 Å². The molecule has 0 spiro atoms. The molecule has 2 nitrogen and oxygen atoms in total. The van der Waals surface area contributed by atoms with Crippen LogP contribution in [-0.2, 0) is 0 Å². The molecule has 1 aliphatic heterocycles. The summed E-state index contributed by atoms with van der Waals surface area (Å²) in [5, 5.41) is 3.74. The van der Waals surface area contributed by atoms with Crippen LogP contribution in [0, 0.1) is 19.8 Å². The molecule has 0 amide bonds. The summed E-state index contributed by atoms with van der Waals surface area (Å²) < 4.78 is 0. The van der Waals surface area contributed by atoms with Crippen LogP contribution < -0.4 is 5.32 Å². The van der Waals surface area contributed by atoms with Crippen LogP contribution in [0.2, 0.25) is 0 Å². The molecule has 0 bridgehead atoms. The van der Waals surface area contributed by atoms with Gasteiger partial charge in [-0.25, -0.2) is 0 Å². The van der Waals surface area contributed by atoms with Gasteiger partial charge in [0.25, 0.3) is 0 Å². The number of nitrogens with one attached hydrogen (secondary N) is 1. The Kier molecular flexibility index (Phi) is 5.47. The second-order valence-corrected chi connectivity index (χ2v) is 6.45. The molecular formula is C18H30N2. The van der Waals surface area contributed by atoms with Crippen molar-refractivity contribution in [2.45, 2.75) is 53.0 Å². The Morgan fingerprint density at radius 1 is 1.35 bits per heavy atom. The van der Waals surface area contributed by atoms with Crippen LogP contribution in [0.3, 0.4) is 0 Å². The average Bonchev–Trinajstić information content (AvgIpc) is 2.42. The SMILES string of the molecule is CCCN1CCCC(C(C)Nc2ccc(C)cc2C)C1. The zero-order valence-corrected chi connectivity index (χ0v) is 13.6. The first-order valence-corrected chi connectivity index (χ1v) is 8.16. The number of likely N-dealkylation sites (tertiary alicyclic amines) is 1. The minimum Gasteiger partial charge on any atom is -0.382 e. The monoisotopic (exact) mass is 274 g/mol. The molecule has 2 atom stereocenters. The number of nitrogens with zero attached hydrogens (tertiary/aromatic N) is 1. The van der Waals surface area contributed by atoms with Crippen molar-refractivity contribution < 1.29 is 0 Å². The molecule has 1 saturated heterocycles. The molecule has 2 rings (SSSR count). The van der Waals surface area contributed by atoms with Crippen LogP contribution >= 0.6 is 0 Å².